The molecule has 0 unspecified atom stereocenters. The van der Waals surface area contributed by atoms with Crippen molar-refractivity contribution in [3.63, 3.8) is 0 Å². The first kappa shape index (κ1) is 41.7. The summed E-state index contributed by atoms with van der Waals surface area (Å²) in [5.41, 5.74) is 2.36. The number of fused-ring (bicyclic) bond motifs is 2. The van der Waals surface area contributed by atoms with Crippen molar-refractivity contribution in [1.82, 2.24) is 19.5 Å². The minimum atomic E-state index is -5.27. The number of rotatable bonds is 13. The van der Waals surface area contributed by atoms with Gasteiger partial charge in [-0.2, -0.15) is 4.98 Å². The van der Waals surface area contributed by atoms with Crippen molar-refractivity contribution >= 4 is 18.9 Å². The first-order chi connectivity index (χ1) is 29.4. The molecule has 3 aliphatic rings. The van der Waals surface area contributed by atoms with Crippen molar-refractivity contribution in [3.8, 4) is 23.0 Å². The molecule has 61 heavy (non-hydrogen) atoms. The average molecular weight is 847 g/mol. The van der Waals surface area contributed by atoms with Crippen LogP contribution in [-0.4, -0.2) is 68.4 Å². The van der Waals surface area contributed by atoms with Gasteiger partial charge in [0.2, 0.25) is 0 Å². The summed E-state index contributed by atoms with van der Waals surface area (Å²) in [5, 5.41) is 0. The number of phosphoric acid groups is 1. The molecule has 15 nitrogen and oxygen atoms in total. The Bertz CT molecular complexity index is 2730. The third kappa shape index (κ3) is 8.50. The van der Waals surface area contributed by atoms with Gasteiger partial charge in [0.1, 0.15) is 35.4 Å². The van der Waals surface area contributed by atoms with E-state index in [1.807, 2.05) is 123 Å². The number of methoxy groups -OCH3 is 2. The first-order valence-corrected chi connectivity index (χ1v) is 20.9. The Kier molecular flexibility index (Phi) is 11.7. The molecule has 3 N–H and O–H groups in total. The summed E-state index contributed by atoms with van der Waals surface area (Å²) in [5.74, 6) is 1.19. The van der Waals surface area contributed by atoms with E-state index in [4.69, 9.17) is 28.2 Å². The maximum absolute atomic E-state index is 13.2. The number of phosphoric ester groups is 1. The van der Waals surface area contributed by atoms with E-state index < -0.39 is 49.3 Å². The zero-order chi connectivity index (χ0) is 42.9. The van der Waals surface area contributed by atoms with Crippen molar-refractivity contribution < 1.29 is 42.6 Å². The molecule has 8 rings (SSSR count). The fourth-order valence-electron chi connectivity index (χ4n) is 7.78. The van der Waals surface area contributed by atoms with Gasteiger partial charge in [0.05, 0.1) is 38.4 Å². The lowest BCUT2D eigenvalue weighted by molar-refractivity contribution is -0.298. The summed E-state index contributed by atoms with van der Waals surface area (Å²) in [6.07, 6.45) is -5.04. The molecule has 1 fully saturated rings. The molecule has 0 aromatic heterocycles. The van der Waals surface area contributed by atoms with E-state index in [2.05, 4.69) is 15.0 Å². The highest BCUT2D eigenvalue weighted by Crippen LogP contribution is 2.46. The second kappa shape index (κ2) is 17.1. The zero-order valence-corrected chi connectivity index (χ0v) is 34.5. The number of aromatic amines is 1. The van der Waals surface area contributed by atoms with Crippen LogP contribution in [0.3, 0.4) is 0 Å². The lowest BCUT2D eigenvalue weighted by atomic mass is 9.80. The van der Waals surface area contributed by atoms with Gasteiger partial charge >= 0.3 is 13.5 Å². The van der Waals surface area contributed by atoms with Gasteiger partial charge in [-0.25, -0.2) is 14.3 Å². The maximum atomic E-state index is 13.2. The number of nitrogens with one attached hydrogen (secondary N) is 1. The van der Waals surface area contributed by atoms with Crippen molar-refractivity contribution in [2.75, 3.05) is 20.8 Å². The third-order valence-corrected chi connectivity index (χ3v) is 11.4. The van der Waals surface area contributed by atoms with E-state index in [9.17, 15) is 23.9 Å². The average Bonchev–Trinajstić information content (AvgIpc) is 3.26. The molecule has 5 aromatic carbocycles. The second-order valence-electron chi connectivity index (χ2n) is 14.7. The molecular formula is C45H43N4O11P. The smallest absolute Gasteiger partial charge is 0.470 e. The van der Waals surface area contributed by atoms with Crippen LogP contribution in [0.2, 0.25) is 0 Å². The Morgan fingerprint density at radius 2 is 1.31 bits per heavy atom. The van der Waals surface area contributed by atoms with Gasteiger partial charge in [0.15, 0.2) is 17.8 Å². The van der Waals surface area contributed by atoms with Gasteiger partial charge in [-0.1, -0.05) is 84.9 Å². The quantitative estimate of drug-likeness (QED) is 0.0677. The number of ether oxygens (including phenoxy) is 5. The molecule has 314 valence electrons. The standard InChI is InChI=1S/C45H43N4O11P/c1-27-23-35-36(24-28(27)2)49(41-39(46-35)42(50)48-44(51)47-41)25-37-40(60-61(52,53)54)38(59-43(58-37)29-11-7-5-8-12-29)26-57-45(30-13-9-6-10-14-30,31-15-19-33(55-3)20-16-31)32-17-21-34(56-4)22-18-32/h5-24,37-38,40,43H,25-26H2,1-4H3,(H,48,50,51)(H2,52,53,54)/t37-,38+,40-,43-/m0/s1. The third-order valence-electron chi connectivity index (χ3n) is 10.9. The summed E-state index contributed by atoms with van der Waals surface area (Å²) in [6.45, 7) is 3.29. The Balaban J connectivity index is 1.29. The number of hydrogen-bond donors (Lipinski definition) is 3. The molecule has 0 spiro atoms. The summed E-state index contributed by atoms with van der Waals surface area (Å²) >= 11 is 0. The van der Waals surface area contributed by atoms with E-state index in [1.54, 1.807) is 30.9 Å². The molecule has 0 radical (unpaired) electrons. The summed E-state index contributed by atoms with van der Waals surface area (Å²) < 4.78 is 51.6. The number of aryl methyl sites for hydroxylation is 2. The van der Waals surface area contributed by atoms with Gasteiger partial charge in [-0.15, -0.1) is 0 Å². The summed E-state index contributed by atoms with van der Waals surface area (Å²) in [4.78, 5) is 57.8. The monoisotopic (exact) mass is 846 g/mol. The van der Waals surface area contributed by atoms with Crippen LogP contribution < -0.4 is 20.7 Å². The van der Waals surface area contributed by atoms with E-state index in [0.717, 1.165) is 16.7 Å². The molecule has 0 bridgehead atoms. The van der Waals surface area contributed by atoms with Gasteiger partial charge in [0.25, 0.3) is 5.56 Å². The normalized spacial score (nSPS) is 18.3. The van der Waals surface area contributed by atoms with Crippen LogP contribution in [0.15, 0.2) is 131 Å². The Morgan fingerprint density at radius 3 is 1.90 bits per heavy atom. The van der Waals surface area contributed by atoms with Crippen molar-refractivity contribution in [2.24, 2.45) is 0 Å². The lowest BCUT2D eigenvalue weighted by Gasteiger charge is -2.44. The Labute approximate surface area is 350 Å². The van der Waals surface area contributed by atoms with E-state index in [0.29, 0.717) is 39.2 Å². The van der Waals surface area contributed by atoms with Crippen molar-refractivity contribution in [3.05, 3.63) is 176 Å². The van der Waals surface area contributed by atoms with E-state index in [1.165, 1.54) is 0 Å². The number of aromatic nitrogens is 4. The Hall–Kier alpha value is -6.03. The summed E-state index contributed by atoms with van der Waals surface area (Å²) in [6, 6.07) is 37.1. The second-order valence-corrected chi connectivity index (χ2v) is 15.9. The largest absolute Gasteiger partial charge is 0.497 e. The van der Waals surface area contributed by atoms with Crippen LogP contribution in [-0.2, 0) is 35.4 Å². The molecule has 16 heteroatoms. The van der Waals surface area contributed by atoms with Crippen LogP contribution >= 0.6 is 7.82 Å². The number of benzene rings is 5. The molecule has 1 saturated heterocycles. The first-order valence-electron chi connectivity index (χ1n) is 19.4. The molecular weight excluding hydrogens is 803 g/mol. The fourth-order valence-corrected chi connectivity index (χ4v) is 8.37. The molecule has 4 atom stereocenters. The molecule has 5 aromatic rings. The van der Waals surface area contributed by atoms with E-state index in [-0.39, 0.29) is 24.7 Å². The SMILES string of the molecule is COc1ccc(C(OC[C@H]2O[C@@H](c3ccccc3)O[C@@H](Cn3c4nc(=O)[nH]c(=O)c-4nc4cc(C)c(C)cc43)[C@@H]2OP(=O)(O)O)(c2ccccc2)c2ccc(OC)cc2)cc1. The highest BCUT2D eigenvalue weighted by atomic mass is 31.2. The van der Waals surface area contributed by atoms with Gasteiger partial charge in [-0.05, 0) is 78.1 Å². The summed E-state index contributed by atoms with van der Waals surface area (Å²) in [7, 11) is -2.12. The predicted molar refractivity (Wildman–Crippen MR) is 225 cm³/mol. The van der Waals surface area contributed by atoms with Crippen LogP contribution in [0.25, 0.3) is 22.6 Å². The highest BCUT2D eigenvalue weighted by Gasteiger charge is 2.47. The van der Waals surface area contributed by atoms with E-state index >= 15 is 0 Å². The molecule has 0 amide bonds. The lowest BCUT2D eigenvalue weighted by Crippen LogP contribution is -2.53. The number of nitrogens with zero attached hydrogens (tertiary/aromatic N) is 3. The number of hydrogen-bond acceptors (Lipinski definition) is 11. The number of H-pyrrole nitrogens is 1. The van der Waals surface area contributed by atoms with Gasteiger partial charge < -0.3 is 38.0 Å². The minimum absolute atomic E-state index is 0.0549. The van der Waals surface area contributed by atoms with Crippen LogP contribution in [0.1, 0.15) is 39.7 Å². The molecule has 0 aliphatic carbocycles. The molecule has 3 aliphatic heterocycles. The predicted octanol–water partition coefficient (Wildman–Crippen LogP) is 6.19. The van der Waals surface area contributed by atoms with Crippen LogP contribution in [0.4, 0.5) is 0 Å². The zero-order valence-electron chi connectivity index (χ0n) is 33.6. The Morgan fingerprint density at radius 1 is 0.754 bits per heavy atom. The highest BCUT2D eigenvalue weighted by molar-refractivity contribution is 7.46. The van der Waals surface area contributed by atoms with Crippen molar-refractivity contribution in [2.45, 2.75) is 50.6 Å². The maximum Gasteiger partial charge on any atom is 0.470 e. The fraction of sp³-hybridized carbons (Fsp3) is 0.244. The van der Waals surface area contributed by atoms with Crippen molar-refractivity contribution in [1.29, 1.82) is 0 Å². The van der Waals surface area contributed by atoms with Gasteiger partial charge in [-0.3, -0.25) is 14.3 Å². The molecule has 0 saturated carbocycles. The van der Waals surface area contributed by atoms with Crippen LogP contribution in [0, 0.1) is 13.8 Å². The minimum Gasteiger partial charge on any atom is -0.497 e. The van der Waals surface area contributed by atoms with Gasteiger partial charge in [0, 0.05) is 5.56 Å². The topological polar surface area (TPSA) is 194 Å². The molecule has 3 heterocycles. The van der Waals surface area contributed by atoms with Crippen LogP contribution in [0.5, 0.6) is 11.5 Å².